The van der Waals surface area contributed by atoms with Crippen molar-refractivity contribution in [3.63, 3.8) is 0 Å². The van der Waals surface area contributed by atoms with Gasteiger partial charge in [-0.05, 0) is 24.3 Å². The number of rotatable bonds is 2. The van der Waals surface area contributed by atoms with E-state index in [2.05, 4.69) is 10.3 Å². The van der Waals surface area contributed by atoms with Crippen LogP contribution in [0.1, 0.15) is 5.56 Å². The van der Waals surface area contributed by atoms with E-state index in [4.69, 9.17) is 21.1 Å². The summed E-state index contributed by atoms with van der Waals surface area (Å²) in [5.41, 5.74) is 1.04. The molecule has 0 spiro atoms. The van der Waals surface area contributed by atoms with Crippen LogP contribution in [0.2, 0.25) is 5.02 Å². The van der Waals surface area contributed by atoms with Gasteiger partial charge in [0.15, 0.2) is 0 Å². The molecule has 0 aliphatic carbocycles. The largest absolute Gasteiger partial charge is 0.476 e. The molecule has 2 aromatic rings. The molecule has 0 saturated heterocycles. The predicted molar refractivity (Wildman–Crippen MR) is 80.2 cm³/mol. The Bertz CT molecular complexity index is 593. The predicted octanol–water partition coefficient (Wildman–Crippen LogP) is 3.43. The first kappa shape index (κ1) is 14.9. The lowest BCUT2D eigenvalue weighted by molar-refractivity contribution is 0.309. The fraction of sp³-hybridized carbons (Fsp3) is 0.214. The van der Waals surface area contributed by atoms with E-state index in [1.807, 2.05) is 24.3 Å². The average molecular weight is 313 g/mol. The molecule has 0 atom stereocenters. The van der Waals surface area contributed by atoms with Crippen molar-refractivity contribution in [2.75, 3.05) is 13.2 Å². The van der Waals surface area contributed by atoms with Crippen molar-refractivity contribution in [1.82, 2.24) is 10.3 Å². The molecule has 3 rings (SSSR count). The zero-order valence-electron chi connectivity index (χ0n) is 10.6. The zero-order valence-corrected chi connectivity index (χ0v) is 12.2. The summed E-state index contributed by atoms with van der Waals surface area (Å²) in [6.07, 6.45) is 0. The van der Waals surface area contributed by atoms with Gasteiger partial charge >= 0.3 is 0 Å². The molecule has 1 aliphatic rings. The molecule has 2 heterocycles. The van der Waals surface area contributed by atoms with E-state index in [-0.39, 0.29) is 12.4 Å². The average Bonchev–Trinajstić information content (AvgIpc) is 2.63. The van der Waals surface area contributed by atoms with Gasteiger partial charge in [0.25, 0.3) is 0 Å². The van der Waals surface area contributed by atoms with Gasteiger partial charge in [0.2, 0.25) is 11.8 Å². The first-order valence-electron chi connectivity index (χ1n) is 6.08. The standard InChI is InChI=1S/C14H13ClN2O2.ClH/c15-11-2-1-3-12(8-11)19-13-5-4-10-9-16-6-7-18-14(10)17-13;/h1-5,8,16H,6-7,9H2;1H. The molecule has 1 aliphatic heterocycles. The van der Waals surface area contributed by atoms with Gasteiger partial charge in [0, 0.05) is 29.7 Å². The van der Waals surface area contributed by atoms with Crippen LogP contribution in [0.25, 0.3) is 0 Å². The third kappa shape index (κ3) is 3.54. The van der Waals surface area contributed by atoms with Crippen LogP contribution in [0, 0.1) is 0 Å². The van der Waals surface area contributed by atoms with Gasteiger partial charge in [0.1, 0.15) is 12.4 Å². The van der Waals surface area contributed by atoms with Crippen LogP contribution >= 0.6 is 24.0 Å². The van der Waals surface area contributed by atoms with Gasteiger partial charge in [-0.1, -0.05) is 17.7 Å². The molecule has 106 valence electrons. The third-order valence-corrected chi connectivity index (χ3v) is 3.00. The first-order valence-corrected chi connectivity index (χ1v) is 6.46. The molecule has 1 aromatic carbocycles. The van der Waals surface area contributed by atoms with Gasteiger partial charge in [-0.15, -0.1) is 12.4 Å². The number of halogens is 2. The van der Waals surface area contributed by atoms with Crippen LogP contribution in [-0.4, -0.2) is 18.1 Å². The Morgan fingerprint density at radius 1 is 1.25 bits per heavy atom. The molecular formula is C14H14Cl2N2O2. The van der Waals surface area contributed by atoms with Gasteiger partial charge in [-0.2, -0.15) is 4.98 Å². The lowest BCUT2D eigenvalue weighted by Gasteiger charge is -2.09. The third-order valence-electron chi connectivity index (χ3n) is 2.77. The smallest absolute Gasteiger partial charge is 0.222 e. The number of hydrogen-bond donors (Lipinski definition) is 1. The highest BCUT2D eigenvalue weighted by molar-refractivity contribution is 6.30. The Balaban J connectivity index is 0.00000147. The second-order valence-electron chi connectivity index (χ2n) is 4.20. The molecule has 0 radical (unpaired) electrons. The minimum absolute atomic E-state index is 0. The van der Waals surface area contributed by atoms with Crippen molar-refractivity contribution >= 4 is 24.0 Å². The molecule has 6 heteroatoms. The first-order chi connectivity index (χ1) is 9.31. The summed E-state index contributed by atoms with van der Waals surface area (Å²) in [7, 11) is 0. The molecule has 1 N–H and O–H groups in total. The molecule has 0 bridgehead atoms. The highest BCUT2D eigenvalue weighted by Crippen LogP contribution is 2.26. The van der Waals surface area contributed by atoms with E-state index in [0.29, 0.717) is 29.1 Å². The van der Waals surface area contributed by atoms with E-state index in [1.165, 1.54) is 0 Å². The molecule has 0 fully saturated rings. The number of aromatic nitrogens is 1. The van der Waals surface area contributed by atoms with Gasteiger partial charge in [-0.25, -0.2) is 0 Å². The molecule has 20 heavy (non-hydrogen) atoms. The quantitative estimate of drug-likeness (QED) is 0.922. The van der Waals surface area contributed by atoms with Crippen molar-refractivity contribution in [3.05, 3.63) is 47.0 Å². The number of pyridine rings is 1. The SMILES string of the molecule is Cl.Clc1cccc(Oc2ccc3c(n2)OCCNC3)c1. The highest BCUT2D eigenvalue weighted by Gasteiger charge is 2.11. The summed E-state index contributed by atoms with van der Waals surface area (Å²) in [4.78, 5) is 4.37. The molecule has 0 saturated carbocycles. The monoisotopic (exact) mass is 312 g/mol. The zero-order chi connectivity index (χ0) is 13.1. The Morgan fingerprint density at radius 3 is 3.00 bits per heavy atom. The Hall–Kier alpha value is -1.49. The number of fused-ring (bicyclic) bond motifs is 1. The van der Waals surface area contributed by atoms with E-state index >= 15 is 0 Å². The number of hydrogen-bond acceptors (Lipinski definition) is 4. The summed E-state index contributed by atoms with van der Waals surface area (Å²) in [6, 6.07) is 11.0. The fourth-order valence-electron chi connectivity index (χ4n) is 1.86. The van der Waals surface area contributed by atoms with Crippen molar-refractivity contribution in [1.29, 1.82) is 0 Å². The van der Waals surface area contributed by atoms with Crippen LogP contribution in [0.4, 0.5) is 0 Å². The fourth-order valence-corrected chi connectivity index (χ4v) is 2.04. The Kier molecular flexibility index (Phi) is 5.06. The highest BCUT2D eigenvalue weighted by atomic mass is 35.5. The van der Waals surface area contributed by atoms with Crippen molar-refractivity contribution in [3.8, 4) is 17.5 Å². The molecule has 4 nitrogen and oxygen atoms in total. The van der Waals surface area contributed by atoms with Crippen LogP contribution in [0.5, 0.6) is 17.5 Å². The summed E-state index contributed by atoms with van der Waals surface area (Å²) < 4.78 is 11.2. The van der Waals surface area contributed by atoms with E-state index in [1.54, 1.807) is 12.1 Å². The molecular weight excluding hydrogens is 299 g/mol. The number of nitrogens with zero attached hydrogens (tertiary/aromatic N) is 1. The van der Waals surface area contributed by atoms with Crippen molar-refractivity contribution < 1.29 is 9.47 Å². The van der Waals surface area contributed by atoms with Gasteiger partial charge in [-0.3, -0.25) is 0 Å². The lowest BCUT2D eigenvalue weighted by Crippen LogP contribution is -2.16. The Labute approximate surface area is 128 Å². The summed E-state index contributed by atoms with van der Waals surface area (Å²) >= 11 is 5.91. The van der Waals surface area contributed by atoms with Gasteiger partial charge in [0.05, 0.1) is 0 Å². The van der Waals surface area contributed by atoms with E-state index < -0.39 is 0 Å². The number of nitrogens with one attached hydrogen (secondary N) is 1. The molecule has 0 unspecified atom stereocenters. The van der Waals surface area contributed by atoms with Crippen molar-refractivity contribution in [2.45, 2.75) is 6.54 Å². The maximum atomic E-state index is 5.91. The minimum Gasteiger partial charge on any atom is -0.476 e. The lowest BCUT2D eigenvalue weighted by atomic mass is 10.2. The number of ether oxygens (including phenoxy) is 2. The molecule has 1 aromatic heterocycles. The van der Waals surface area contributed by atoms with Crippen LogP contribution in [0.3, 0.4) is 0 Å². The number of benzene rings is 1. The summed E-state index contributed by atoms with van der Waals surface area (Å²) in [5.74, 6) is 1.79. The summed E-state index contributed by atoms with van der Waals surface area (Å²) in [6.45, 7) is 2.20. The topological polar surface area (TPSA) is 43.4 Å². The van der Waals surface area contributed by atoms with E-state index in [0.717, 1.165) is 18.7 Å². The van der Waals surface area contributed by atoms with Crippen LogP contribution < -0.4 is 14.8 Å². The van der Waals surface area contributed by atoms with Crippen LogP contribution in [-0.2, 0) is 6.54 Å². The Morgan fingerprint density at radius 2 is 2.15 bits per heavy atom. The van der Waals surface area contributed by atoms with Gasteiger partial charge < -0.3 is 14.8 Å². The normalized spacial score (nSPS) is 13.4. The maximum Gasteiger partial charge on any atom is 0.222 e. The van der Waals surface area contributed by atoms with E-state index in [9.17, 15) is 0 Å². The summed E-state index contributed by atoms with van der Waals surface area (Å²) in [5, 5.41) is 3.89. The second-order valence-corrected chi connectivity index (χ2v) is 4.63. The maximum absolute atomic E-state index is 5.91. The minimum atomic E-state index is 0. The van der Waals surface area contributed by atoms with Crippen LogP contribution in [0.15, 0.2) is 36.4 Å². The molecule has 0 amide bonds. The van der Waals surface area contributed by atoms with Crippen molar-refractivity contribution in [2.24, 2.45) is 0 Å². The second kappa shape index (κ2) is 6.79.